The Bertz CT molecular complexity index is 345. The van der Waals surface area contributed by atoms with Crippen LogP contribution in [-0.2, 0) is 4.74 Å². The van der Waals surface area contributed by atoms with Crippen LogP contribution in [-0.4, -0.2) is 12.7 Å². The molecule has 1 aliphatic rings. The van der Waals surface area contributed by atoms with Gasteiger partial charge >= 0.3 is 6.09 Å². The fraction of sp³-hybridized carbons (Fsp3) is 0.222. The first-order valence-corrected chi connectivity index (χ1v) is 3.94. The van der Waals surface area contributed by atoms with Crippen LogP contribution in [0, 0.1) is 5.82 Å². The summed E-state index contributed by atoms with van der Waals surface area (Å²) in [5, 5.41) is 2.57. The van der Waals surface area contributed by atoms with Crippen molar-refractivity contribution in [3.8, 4) is 0 Å². The summed E-state index contributed by atoms with van der Waals surface area (Å²) in [6.07, 6.45) is -0.450. The van der Waals surface area contributed by atoms with Gasteiger partial charge in [-0.2, -0.15) is 0 Å². The molecule has 1 N–H and O–H groups in total. The van der Waals surface area contributed by atoms with Gasteiger partial charge in [-0.05, 0) is 17.7 Å². The molecule has 5 heteroatoms. The summed E-state index contributed by atoms with van der Waals surface area (Å²) in [6, 6.07) is 5.89. The lowest BCUT2D eigenvalue weighted by Gasteiger charge is -2.06. The van der Waals surface area contributed by atoms with Crippen LogP contribution < -0.4 is 5.32 Å². The molecule has 1 amide bonds. The van der Waals surface area contributed by atoms with Gasteiger partial charge in [0.1, 0.15) is 12.4 Å². The van der Waals surface area contributed by atoms with Gasteiger partial charge in [-0.1, -0.05) is 12.1 Å². The van der Waals surface area contributed by atoms with Crippen molar-refractivity contribution in [3.05, 3.63) is 35.6 Å². The Morgan fingerprint density at radius 1 is 1.50 bits per heavy atom. The molecule has 0 aromatic heterocycles. The van der Waals surface area contributed by atoms with Crippen LogP contribution in [0.1, 0.15) is 11.6 Å². The van der Waals surface area contributed by atoms with E-state index in [1.165, 1.54) is 12.1 Å². The second-order valence-electron chi connectivity index (χ2n) is 2.85. The van der Waals surface area contributed by atoms with Crippen LogP contribution in [0.15, 0.2) is 24.3 Å². The first kappa shape index (κ1) is 10.8. The quantitative estimate of drug-likeness (QED) is 0.782. The summed E-state index contributed by atoms with van der Waals surface area (Å²) in [7, 11) is 0. The molecular weight excluding hydrogens is 209 g/mol. The number of cyclic esters (lactones) is 1. The molecule has 1 aromatic carbocycles. The standard InChI is InChI=1S/C9H8FNO2.ClH/c10-7-3-1-2-6(4-7)8-5-13-9(12)11-8;/h1-4,8H,5H2,(H,11,12);1H/t8-;/m0./s1. The molecule has 0 bridgehead atoms. The van der Waals surface area contributed by atoms with Gasteiger partial charge in [0.05, 0.1) is 6.04 Å². The largest absolute Gasteiger partial charge is 0.447 e. The zero-order valence-electron chi connectivity index (χ0n) is 7.20. The summed E-state index contributed by atoms with van der Waals surface area (Å²) < 4.78 is 17.5. The molecule has 0 unspecified atom stereocenters. The van der Waals surface area contributed by atoms with E-state index >= 15 is 0 Å². The molecule has 1 aliphatic heterocycles. The van der Waals surface area contributed by atoms with Gasteiger partial charge in [0, 0.05) is 0 Å². The maximum Gasteiger partial charge on any atom is 0.407 e. The minimum atomic E-state index is -0.450. The van der Waals surface area contributed by atoms with E-state index in [-0.39, 0.29) is 30.9 Å². The molecule has 1 fully saturated rings. The summed E-state index contributed by atoms with van der Waals surface area (Å²) in [5.41, 5.74) is 0.728. The third-order valence-corrected chi connectivity index (χ3v) is 1.92. The Labute approximate surface area is 86.7 Å². The molecule has 1 aromatic rings. The Morgan fingerprint density at radius 2 is 2.29 bits per heavy atom. The predicted octanol–water partition coefficient (Wildman–Crippen LogP) is 2.03. The molecular formula is C9H9ClFNO2. The van der Waals surface area contributed by atoms with Crippen molar-refractivity contribution < 1.29 is 13.9 Å². The highest BCUT2D eigenvalue weighted by Crippen LogP contribution is 2.18. The summed E-state index contributed by atoms with van der Waals surface area (Å²) >= 11 is 0. The monoisotopic (exact) mass is 217 g/mol. The van der Waals surface area contributed by atoms with E-state index in [1.807, 2.05) is 0 Å². The number of carbonyl (C=O) groups is 1. The van der Waals surface area contributed by atoms with E-state index in [4.69, 9.17) is 0 Å². The fourth-order valence-electron chi connectivity index (χ4n) is 1.29. The van der Waals surface area contributed by atoms with Gasteiger partial charge in [-0.25, -0.2) is 9.18 Å². The number of halogens is 2. The zero-order valence-corrected chi connectivity index (χ0v) is 8.01. The number of nitrogens with one attached hydrogen (secondary N) is 1. The molecule has 14 heavy (non-hydrogen) atoms. The van der Waals surface area contributed by atoms with Crippen molar-refractivity contribution in [3.63, 3.8) is 0 Å². The number of amides is 1. The molecule has 2 rings (SSSR count). The number of carbonyl (C=O) groups excluding carboxylic acids is 1. The highest BCUT2D eigenvalue weighted by atomic mass is 35.5. The summed E-state index contributed by atoms with van der Waals surface area (Å²) in [5.74, 6) is -0.307. The zero-order chi connectivity index (χ0) is 9.26. The molecule has 0 spiro atoms. The lowest BCUT2D eigenvalue weighted by molar-refractivity contribution is 0.177. The molecule has 76 valence electrons. The van der Waals surface area contributed by atoms with Gasteiger partial charge in [0.15, 0.2) is 0 Å². The van der Waals surface area contributed by atoms with Crippen LogP contribution in [0.5, 0.6) is 0 Å². The van der Waals surface area contributed by atoms with Gasteiger partial charge in [-0.15, -0.1) is 12.4 Å². The number of rotatable bonds is 1. The van der Waals surface area contributed by atoms with Crippen molar-refractivity contribution in [2.75, 3.05) is 6.61 Å². The van der Waals surface area contributed by atoms with E-state index in [9.17, 15) is 9.18 Å². The van der Waals surface area contributed by atoms with Crippen molar-refractivity contribution in [2.24, 2.45) is 0 Å². The molecule has 0 radical (unpaired) electrons. The average molecular weight is 218 g/mol. The first-order valence-electron chi connectivity index (χ1n) is 3.94. The normalized spacial score (nSPS) is 19.5. The maximum absolute atomic E-state index is 12.8. The lowest BCUT2D eigenvalue weighted by atomic mass is 10.1. The van der Waals surface area contributed by atoms with Gasteiger partial charge in [0.2, 0.25) is 0 Å². The van der Waals surface area contributed by atoms with Gasteiger partial charge in [-0.3, -0.25) is 0 Å². The smallest absolute Gasteiger partial charge is 0.407 e. The van der Waals surface area contributed by atoms with E-state index in [0.717, 1.165) is 5.56 Å². The molecule has 1 heterocycles. The van der Waals surface area contributed by atoms with Gasteiger partial charge < -0.3 is 10.1 Å². The van der Waals surface area contributed by atoms with Crippen molar-refractivity contribution in [1.82, 2.24) is 5.32 Å². The average Bonchev–Trinajstić information content (AvgIpc) is 2.52. The van der Waals surface area contributed by atoms with E-state index in [0.29, 0.717) is 0 Å². The van der Waals surface area contributed by atoms with Crippen molar-refractivity contribution in [1.29, 1.82) is 0 Å². The number of alkyl carbamates (subject to hydrolysis) is 1. The molecule has 0 saturated carbocycles. The Kier molecular flexibility index (Phi) is 3.30. The second-order valence-corrected chi connectivity index (χ2v) is 2.85. The highest BCUT2D eigenvalue weighted by Gasteiger charge is 2.23. The molecule has 1 saturated heterocycles. The second kappa shape index (κ2) is 4.28. The van der Waals surface area contributed by atoms with Crippen LogP contribution in [0.4, 0.5) is 9.18 Å². The fourth-order valence-corrected chi connectivity index (χ4v) is 1.29. The van der Waals surface area contributed by atoms with Crippen molar-refractivity contribution in [2.45, 2.75) is 6.04 Å². The van der Waals surface area contributed by atoms with E-state index in [2.05, 4.69) is 10.1 Å². The summed E-state index contributed by atoms with van der Waals surface area (Å²) in [6.45, 7) is 0.266. The van der Waals surface area contributed by atoms with E-state index < -0.39 is 6.09 Å². The highest BCUT2D eigenvalue weighted by molar-refractivity contribution is 5.85. The minimum Gasteiger partial charge on any atom is -0.447 e. The molecule has 1 atom stereocenters. The van der Waals surface area contributed by atoms with E-state index in [1.54, 1.807) is 12.1 Å². The number of benzene rings is 1. The molecule has 0 aliphatic carbocycles. The number of ether oxygens (including phenoxy) is 1. The Balaban J connectivity index is 0.000000980. The topological polar surface area (TPSA) is 38.3 Å². The third kappa shape index (κ3) is 2.14. The number of hydrogen-bond donors (Lipinski definition) is 1. The Hall–Kier alpha value is -1.29. The first-order chi connectivity index (χ1) is 6.25. The SMILES string of the molecule is Cl.O=C1N[C@H](c2cccc(F)c2)CO1. The Morgan fingerprint density at radius 3 is 2.86 bits per heavy atom. The maximum atomic E-state index is 12.8. The molecule has 3 nitrogen and oxygen atoms in total. The minimum absolute atomic E-state index is 0. The third-order valence-electron chi connectivity index (χ3n) is 1.92. The predicted molar refractivity (Wildman–Crippen MR) is 50.9 cm³/mol. The summed E-state index contributed by atoms with van der Waals surface area (Å²) in [4.78, 5) is 10.7. The number of hydrogen-bond acceptors (Lipinski definition) is 2. The van der Waals surface area contributed by atoms with Crippen LogP contribution >= 0.6 is 12.4 Å². The van der Waals surface area contributed by atoms with Crippen LogP contribution in [0.25, 0.3) is 0 Å². The lowest BCUT2D eigenvalue weighted by Crippen LogP contribution is -2.18. The van der Waals surface area contributed by atoms with Gasteiger partial charge in [0.25, 0.3) is 0 Å². The van der Waals surface area contributed by atoms with Crippen LogP contribution in [0.2, 0.25) is 0 Å². The van der Waals surface area contributed by atoms with Crippen LogP contribution in [0.3, 0.4) is 0 Å². The van der Waals surface area contributed by atoms with Crippen molar-refractivity contribution >= 4 is 18.5 Å².